The molecule has 0 aromatic rings. The van der Waals surface area contributed by atoms with E-state index in [1.165, 1.54) is 0 Å². The van der Waals surface area contributed by atoms with Crippen molar-refractivity contribution >= 4 is 0 Å². The molecule has 31 heavy (non-hydrogen) atoms. The van der Waals surface area contributed by atoms with Crippen molar-refractivity contribution in [2.75, 3.05) is 0 Å². The standard InChI is InChI=1S/C27H44O4/c1-17(2)7-6-8-18(3)20-9-10-21-22-15-23(29)27(31)16-19(28)11-12-25(27,5)26(22,30)14-13-24(20,21)4/h6,8,15,17-21,23,28-31H,7,9-14,16H2,1-5H3/b8-6+/t18-,19+,20-,21?,23-,24-,25-,26-,27+/m1/s1. The van der Waals surface area contributed by atoms with Crippen LogP contribution in [0.3, 0.4) is 0 Å². The fourth-order valence-corrected chi connectivity index (χ4v) is 8.11. The summed E-state index contributed by atoms with van der Waals surface area (Å²) in [7, 11) is 0. The van der Waals surface area contributed by atoms with Gasteiger partial charge in [0.2, 0.25) is 0 Å². The Hall–Kier alpha value is -0.680. The molecule has 3 fully saturated rings. The molecule has 4 aliphatic rings. The van der Waals surface area contributed by atoms with Crippen LogP contribution in [0.2, 0.25) is 0 Å². The first-order valence-electron chi connectivity index (χ1n) is 12.6. The lowest BCUT2D eigenvalue weighted by Crippen LogP contribution is -2.72. The lowest BCUT2D eigenvalue weighted by molar-refractivity contribution is -0.258. The summed E-state index contributed by atoms with van der Waals surface area (Å²) in [6.45, 7) is 11.2. The van der Waals surface area contributed by atoms with Crippen LogP contribution >= 0.6 is 0 Å². The third-order valence-corrected chi connectivity index (χ3v) is 10.2. The Morgan fingerprint density at radius 2 is 1.74 bits per heavy atom. The highest BCUT2D eigenvalue weighted by molar-refractivity contribution is 5.40. The highest BCUT2D eigenvalue weighted by atomic mass is 16.4. The topological polar surface area (TPSA) is 80.9 Å². The van der Waals surface area contributed by atoms with Crippen LogP contribution in [0.25, 0.3) is 0 Å². The van der Waals surface area contributed by atoms with Crippen LogP contribution in [0.1, 0.15) is 86.0 Å². The fraction of sp³-hybridized carbons (Fsp3) is 0.852. The molecule has 3 saturated carbocycles. The van der Waals surface area contributed by atoms with E-state index in [9.17, 15) is 20.4 Å². The van der Waals surface area contributed by atoms with Crippen molar-refractivity contribution in [3.8, 4) is 0 Å². The van der Waals surface area contributed by atoms with Crippen molar-refractivity contribution in [2.24, 2.45) is 34.5 Å². The predicted octanol–water partition coefficient (Wildman–Crippen LogP) is 4.37. The highest BCUT2D eigenvalue weighted by Crippen LogP contribution is 2.69. The van der Waals surface area contributed by atoms with E-state index < -0.39 is 28.8 Å². The Morgan fingerprint density at radius 1 is 1.03 bits per heavy atom. The molecule has 1 unspecified atom stereocenters. The van der Waals surface area contributed by atoms with E-state index in [0.29, 0.717) is 37.0 Å². The van der Waals surface area contributed by atoms with Crippen LogP contribution in [-0.4, -0.2) is 43.8 Å². The molecule has 4 rings (SSSR count). The first-order valence-corrected chi connectivity index (χ1v) is 12.6. The van der Waals surface area contributed by atoms with Gasteiger partial charge in [-0.3, -0.25) is 0 Å². The zero-order valence-electron chi connectivity index (χ0n) is 20.1. The van der Waals surface area contributed by atoms with Gasteiger partial charge in [0, 0.05) is 11.8 Å². The number of rotatable bonds is 4. The number of aliphatic hydroxyl groups is 4. The maximum atomic E-state index is 12.2. The number of allylic oxidation sites excluding steroid dienone is 2. The van der Waals surface area contributed by atoms with Crippen molar-refractivity contribution in [1.29, 1.82) is 0 Å². The minimum atomic E-state index is -1.48. The molecule has 4 aliphatic carbocycles. The smallest absolute Gasteiger partial charge is 0.105 e. The molecule has 0 bridgehead atoms. The van der Waals surface area contributed by atoms with Crippen molar-refractivity contribution in [3.05, 3.63) is 23.8 Å². The minimum absolute atomic E-state index is 0.0966. The van der Waals surface area contributed by atoms with Gasteiger partial charge in [0.1, 0.15) is 11.7 Å². The van der Waals surface area contributed by atoms with Gasteiger partial charge in [0.05, 0.1) is 11.7 Å². The van der Waals surface area contributed by atoms with Crippen molar-refractivity contribution in [3.63, 3.8) is 0 Å². The first-order chi connectivity index (χ1) is 14.4. The van der Waals surface area contributed by atoms with Crippen molar-refractivity contribution in [1.82, 2.24) is 0 Å². The summed E-state index contributed by atoms with van der Waals surface area (Å²) in [6, 6.07) is 0. The van der Waals surface area contributed by atoms with Crippen LogP contribution in [-0.2, 0) is 0 Å². The summed E-state index contributed by atoms with van der Waals surface area (Å²) in [4.78, 5) is 0. The molecule has 0 aliphatic heterocycles. The quantitative estimate of drug-likeness (QED) is 0.498. The zero-order chi connectivity index (χ0) is 22.8. The van der Waals surface area contributed by atoms with Gasteiger partial charge in [0.25, 0.3) is 0 Å². The second-order valence-electron chi connectivity index (χ2n) is 12.2. The van der Waals surface area contributed by atoms with Crippen molar-refractivity contribution < 1.29 is 20.4 Å². The summed E-state index contributed by atoms with van der Waals surface area (Å²) in [6.07, 6.45) is 10.9. The van der Waals surface area contributed by atoms with Crippen LogP contribution in [0.15, 0.2) is 23.8 Å². The van der Waals surface area contributed by atoms with Gasteiger partial charge in [-0.15, -0.1) is 0 Å². The fourth-order valence-electron chi connectivity index (χ4n) is 8.11. The van der Waals surface area contributed by atoms with Crippen LogP contribution in [0.4, 0.5) is 0 Å². The Kier molecular flexibility index (Phi) is 5.82. The highest BCUT2D eigenvalue weighted by Gasteiger charge is 2.70. The summed E-state index contributed by atoms with van der Waals surface area (Å²) in [5, 5.41) is 45.1. The van der Waals surface area contributed by atoms with Gasteiger partial charge in [-0.25, -0.2) is 0 Å². The molecule has 0 amide bonds. The molecule has 0 radical (unpaired) electrons. The molecule has 0 spiro atoms. The molecule has 176 valence electrons. The molecule has 0 aromatic carbocycles. The molecule has 4 N–H and O–H groups in total. The third kappa shape index (κ3) is 3.23. The van der Waals surface area contributed by atoms with Gasteiger partial charge in [-0.05, 0) is 79.6 Å². The van der Waals surface area contributed by atoms with Gasteiger partial charge in [-0.2, -0.15) is 0 Å². The van der Waals surface area contributed by atoms with Gasteiger partial charge >= 0.3 is 0 Å². The van der Waals surface area contributed by atoms with E-state index >= 15 is 0 Å². The summed E-state index contributed by atoms with van der Waals surface area (Å²) < 4.78 is 0. The second-order valence-corrected chi connectivity index (χ2v) is 12.2. The van der Waals surface area contributed by atoms with E-state index in [0.717, 1.165) is 31.3 Å². The van der Waals surface area contributed by atoms with E-state index in [2.05, 4.69) is 39.8 Å². The maximum absolute atomic E-state index is 12.2. The Labute approximate surface area is 188 Å². The molecule has 0 aromatic heterocycles. The number of hydrogen-bond donors (Lipinski definition) is 4. The maximum Gasteiger partial charge on any atom is 0.105 e. The molecule has 9 atom stereocenters. The SMILES string of the molecule is CC(C)C/C=C/[C@@H](C)[C@H]1CCC2C3=C[C@@H](O)[C@@]4(O)C[C@@H](O)CC[C@]4(C)[C@@]3(O)CC[C@@]21C. The summed E-state index contributed by atoms with van der Waals surface area (Å²) in [5.41, 5.74) is -2.37. The molecule has 4 nitrogen and oxygen atoms in total. The lowest BCUT2D eigenvalue weighted by atomic mass is 9.43. The van der Waals surface area contributed by atoms with Crippen LogP contribution in [0, 0.1) is 34.5 Å². The molecule has 0 heterocycles. The zero-order valence-corrected chi connectivity index (χ0v) is 20.1. The van der Waals surface area contributed by atoms with Gasteiger partial charge < -0.3 is 20.4 Å². The second kappa shape index (κ2) is 7.68. The minimum Gasteiger partial charge on any atom is -0.393 e. The molecular weight excluding hydrogens is 388 g/mol. The number of aliphatic hydroxyl groups excluding tert-OH is 2. The molecule has 0 saturated heterocycles. The monoisotopic (exact) mass is 432 g/mol. The average Bonchev–Trinajstić information content (AvgIpc) is 3.03. The predicted molar refractivity (Wildman–Crippen MR) is 123 cm³/mol. The Balaban J connectivity index is 1.67. The molecular formula is C27H44O4. The lowest BCUT2D eigenvalue weighted by Gasteiger charge is -2.65. The Bertz CT molecular complexity index is 758. The average molecular weight is 433 g/mol. The van der Waals surface area contributed by atoms with E-state index in [1.54, 1.807) is 6.08 Å². The summed E-state index contributed by atoms with van der Waals surface area (Å²) >= 11 is 0. The number of hydrogen-bond acceptors (Lipinski definition) is 4. The summed E-state index contributed by atoms with van der Waals surface area (Å²) in [5.74, 6) is 1.96. The van der Waals surface area contributed by atoms with Gasteiger partial charge in [0.15, 0.2) is 0 Å². The van der Waals surface area contributed by atoms with Gasteiger partial charge in [-0.1, -0.05) is 52.8 Å². The van der Waals surface area contributed by atoms with E-state index in [4.69, 9.17) is 0 Å². The normalized spacial score (nSPS) is 50.7. The number of fused-ring (bicyclic) bond motifs is 5. The van der Waals surface area contributed by atoms with Crippen LogP contribution < -0.4 is 0 Å². The largest absolute Gasteiger partial charge is 0.393 e. The third-order valence-electron chi connectivity index (χ3n) is 10.2. The molecule has 4 heteroatoms. The first kappa shape index (κ1) is 23.5. The van der Waals surface area contributed by atoms with E-state index in [1.807, 2.05) is 6.92 Å². The van der Waals surface area contributed by atoms with E-state index in [-0.39, 0.29) is 17.8 Å². The van der Waals surface area contributed by atoms with Crippen LogP contribution in [0.5, 0.6) is 0 Å². The Morgan fingerprint density at radius 3 is 2.42 bits per heavy atom. The van der Waals surface area contributed by atoms with Crippen molar-refractivity contribution in [2.45, 2.75) is 109 Å².